The average molecular weight is 310 g/mol. The molecule has 2 rings (SSSR count). The Morgan fingerprint density at radius 3 is 2.55 bits per heavy atom. The Kier molecular flexibility index (Phi) is 4.55. The van der Waals surface area contributed by atoms with Gasteiger partial charge in [0.15, 0.2) is 11.5 Å². The molecule has 0 heterocycles. The third-order valence-corrected chi connectivity index (χ3v) is 2.83. The van der Waals surface area contributed by atoms with E-state index >= 15 is 0 Å². The standard InChI is InChI=1S/C15H13F3N2O2/c1-22-14-7-6-10(8-13(14)21)9-19-20-12-5-3-2-4-11(12)15(16,17)18/h2-9,20-21H,1H3/b19-9-. The van der Waals surface area contributed by atoms with Crippen LogP contribution < -0.4 is 10.2 Å². The number of methoxy groups -OCH3 is 1. The number of halogens is 3. The molecule has 0 aliphatic heterocycles. The Balaban J connectivity index is 2.15. The van der Waals surface area contributed by atoms with E-state index in [1.807, 2.05) is 0 Å². The molecule has 2 aromatic rings. The number of anilines is 1. The summed E-state index contributed by atoms with van der Waals surface area (Å²) >= 11 is 0. The minimum absolute atomic E-state index is 0.0814. The highest BCUT2D eigenvalue weighted by molar-refractivity contribution is 5.81. The van der Waals surface area contributed by atoms with E-state index in [0.29, 0.717) is 11.3 Å². The lowest BCUT2D eigenvalue weighted by Gasteiger charge is -2.11. The summed E-state index contributed by atoms with van der Waals surface area (Å²) in [5.41, 5.74) is 1.91. The van der Waals surface area contributed by atoms with Gasteiger partial charge in [-0.15, -0.1) is 0 Å². The van der Waals surface area contributed by atoms with Crippen LogP contribution in [0.5, 0.6) is 11.5 Å². The number of nitrogens with zero attached hydrogens (tertiary/aromatic N) is 1. The fourth-order valence-corrected chi connectivity index (χ4v) is 1.79. The summed E-state index contributed by atoms with van der Waals surface area (Å²) < 4.78 is 43.3. The van der Waals surface area contributed by atoms with Crippen LogP contribution in [-0.2, 0) is 6.18 Å². The zero-order chi connectivity index (χ0) is 16.2. The zero-order valence-corrected chi connectivity index (χ0v) is 11.6. The van der Waals surface area contributed by atoms with Crippen LogP contribution in [0, 0.1) is 0 Å². The van der Waals surface area contributed by atoms with Crippen molar-refractivity contribution in [2.75, 3.05) is 12.5 Å². The van der Waals surface area contributed by atoms with E-state index in [9.17, 15) is 18.3 Å². The van der Waals surface area contributed by atoms with E-state index in [1.54, 1.807) is 6.07 Å². The summed E-state index contributed by atoms with van der Waals surface area (Å²) in [6.07, 6.45) is -3.16. The minimum Gasteiger partial charge on any atom is -0.504 e. The summed E-state index contributed by atoms with van der Waals surface area (Å²) in [4.78, 5) is 0. The van der Waals surface area contributed by atoms with E-state index < -0.39 is 11.7 Å². The summed E-state index contributed by atoms with van der Waals surface area (Å²) in [6.45, 7) is 0. The van der Waals surface area contributed by atoms with Gasteiger partial charge in [-0.3, -0.25) is 5.43 Å². The molecule has 0 fully saturated rings. The molecule has 0 atom stereocenters. The first-order valence-corrected chi connectivity index (χ1v) is 6.24. The molecule has 0 saturated carbocycles. The summed E-state index contributed by atoms with van der Waals surface area (Å²) in [5, 5.41) is 13.4. The number of hydrazone groups is 1. The van der Waals surface area contributed by atoms with Crippen molar-refractivity contribution in [1.29, 1.82) is 0 Å². The molecule has 0 aromatic heterocycles. The largest absolute Gasteiger partial charge is 0.504 e. The summed E-state index contributed by atoms with van der Waals surface area (Å²) in [5.74, 6) is 0.217. The lowest BCUT2D eigenvalue weighted by Crippen LogP contribution is -2.08. The van der Waals surface area contributed by atoms with E-state index in [4.69, 9.17) is 4.74 Å². The third kappa shape index (κ3) is 3.69. The van der Waals surface area contributed by atoms with E-state index in [1.165, 1.54) is 43.7 Å². The van der Waals surface area contributed by atoms with Crippen LogP contribution in [0.4, 0.5) is 18.9 Å². The van der Waals surface area contributed by atoms with Gasteiger partial charge in [-0.05, 0) is 35.9 Å². The van der Waals surface area contributed by atoms with Gasteiger partial charge < -0.3 is 9.84 Å². The van der Waals surface area contributed by atoms with Gasteiger partial charge in [0.05, 0.1) is 24.6 Å². The fourth-order valence-electron chi connectivity index (χ4n) is 1.79. The molecular weight excluding hydrogens is 297 g/mol. The van der Waals surface area contributed by atoms with Crippen molar-refractivity contribution in [3.8, 4) is 11.5 Å². The average Bonchev–Trinajstić information content (AvgIpc) is 2.47. The van der Waals surface area contributed by atoms with E-state index in [2.05, 4.69) is 10.5 Å². The number of hydrogen-bond acceptors (Lipinski definition) is 4. The van der Waals surface area contributed by atoms with Crippen LogP contribution in [0.15, 0.2) is 47.6 Å². The van der Waals surface area contributed by atoms with Crippen LogP contribution in [0.2, 0.25) is 0 Å². The molecule has 0 aliphatic rings. The number of para-hydroxylation sites is 1. The predicted molar refractivity (Wildman–Crippen MR) is 77.3 cm³/mol. The van der Waals surface area contributed by atoms with Crippen LogP contribution in [0.3, 0.4) is 0 Å². The first-order valence-electron chi connectivity index (χ1n) is 6.24. The minimum atomic E-state index is -4.46. The predicted octanol–water partition coefficient (Wildman–Crippen LogP) is 3.87. The maximum absolute atomic E-state index is 12.8. The molecule has 0 spiro atoms. The molecule has 0 unspecified atom stereocenters. The smallest absolute Gasteiger partial charge is 0.418 e. The van der Waals surface area contributed by atoms with Gasteiger partial charge in [0.1, 0.15) is 0 Å². The van der Waals surface area contributed by atoms with E-state index in [0.717, 1.165) is 6.07 Å². The molecule has 22 heavy (non-hydrogen) atoms. The second kappa shape index (κ2) is 6.38. The highest BCUT2D eigenvalue weighted by atomic mass is 19.4. The quantitative estimate of drug-likeness (QED) is 0.666. The molecule has 2 aromatic carbocycles. The molecule has 116 valence electrons. The van der Waals surface area contributed by atoms with Crippen LogP contribution in [0.1, 0.15) is 11.1 Å². The fraction of sp³-hybridized carbons (Fsp3) is 0.133. The molecular formula is C15H13F3N2O2. The molecule has 0 bridgehead atoms. The Hall–Kier alpha value is -2.70. The monoisotopic (exact) mass is 310 g/mol. The Morgan fingerprint density at radius 2 is 1.91 bits per heavy atom. The summed E-state index contributed by atoms with van der Waals surface area (Å²) in [6, 6.07) is 9.56. The molecule has 4 nitrogen and oxygen atoms in total. The van der Waals surface area contributed by atoms with Crippen molar-refractivity contribution < 1.29 is 23.0 Å². The van der Waals surface area contributed by atoms with Gasteiger partial charge in [0.2, 0.25) is 0 Å². The van der Waals surface area contributed by atoms with Crippen molar-refractivity contribution in [3.63, 3.8) is 0 Å². The number of phenolic OH excluding ortho intramolecular Hbond substituents is 1. The van der Waals surface area contributed by atoms with Crippen LogP contribution >= 0.6 is 0 Å². The van der Waals surface area contributed by atoms with Gasteiger partial charge in [0.25, 0.3) is 0 Å². The van der Waals surface area contributed by atoms with Crippen molar-refractivity contribution in [3.05, 3.63) is 53.6 Å². The van der Waals surface area contributed by atoms with Crippen molar-refractivity contribution in [1.82, 2.24) is 0 Å². The Morgan fingerprint density at radius 1 is 1.18 bits per heavy atom. The van der Waals surface area contributed by atoms with Gasteiger partial charge >= 0.3 is 6.18 Å². The Bertz CT molecular complexity index is 685. The second-order valence-corrected chi connectivity index (χ2v) is 4.34. The SMILES string of the molecule is COc1ccc(/C=N\Nc2ccccc2C(F)(F)F)cc1O. The van der Waals surface area contributed by atoms with Crippen molar-refractivity contribution >= 4 is 11.9 Å². The second-order valence-electron chi connectivity index (χ2n) is 4.34. The molecule has 2 N–H and O–H groups in total. The van der Waals surface area contributed by atoms with Gasteiger partial charge in [0, 0.05) is 0 Å². The maximum atomic E-state index is 12.8. The number of rotatable bonds is 4. The first-order chi connectivity index (χ1) is 10.4. The highest BCUT2D eigenvalue weighted by Crippen LogP contribution is 2.34. The summed E-state index contributed by atoms with van der Waals surface area (Å²) in [7, 11) is 1.42. The Labute approximate surface area is 124 Å². The lowest BCUT2D eigenvalue weighted by molar-refractivity contribution is -0.136. The normalized spacial score (nSPS) is 11.6. The molecule has 0 saturated heterocycles. The maximum Gasteiger partial charge on any atom is 0.418 e. The number of phenols is 1. The molecule has 0 aliphatic carbocycles. The molecule has 0 radical (unpaired) electrons. The molecule has 0 amide bonds. The van der Waals surface area contributed by atoms with Crippen molar-refractivity contribution in [2.24, 2.45) is 5.10 Å². The van der Waals surface area contributed by atoms with Crippen LogP contribution in [0.25, 0.3) is 0 Å². The van der Waals surface area contributed by atoms with Crippen molar-refractivity contribution in [2.45, 2.75) is 6.18 Å². The number of alkyl halides is 3. The van der Waals surface area contributed by atoms with Crippen LogP contribution in [-0.4, -0.2) is 18.4 Å². The topological polar surface area (TPSA) is 53.8 Å². The number of benzene rings is 2. The number of hydrogen-bond donors (Lipinski definition) is 2. The van der Waals surface area contributed by atoms with Gasteiger partial charge in [-0.25, -0.2) is 0 Å². The zero-order valence-electron chi connectivity index (χ0n) is 11.6. The first kappa shape index (κ1) is 15.7. The third-order valence-electron chi connectivity index (χ3n) is 2.83. The number of ether oxygens (including phenoxy) is 1. The number of nitrogens with one attached hydrogen (secondary N) is 1. The highest BCUT2D eigenvalue weighted by Gasteiger charge is 2.33. The van der Waals surface area contributed by atoms with Gasteiger partial charge in [-0.2, -0.15) is 18.3 Å². The van der Waals surface area contributed by atoms with E-state index in [-0.39, 0.29) is 11.4 Å². The molecule has 7 heteroatoms. The van der Waals surface area contributed by atoms with Gasteiger partial charge in [-0.1, -0.05) is 12.1 Å². The lowest BCUT2D eigenvalue weighted by atomic mass is 10.2. The number of aromatic hydroxyl groups is 1.